The molecule has 0 radical (unpaired) electrons. The Labute approximate surface area is 261 Å². The molecule has 248 valence electrons. The zero-order chi connectivity index (χ0) is 34.2. The highest BCUT2D eigenvalue weighted by Gasteiger charge is 2.26. The molecule has 0 aliphatic rings. The molecule has 0 saturated carbocycles. The summed E-state index contributed by atoms with van der Waals surface area (Å²) in [5, 5.41) is 4.93. The maximum atomic E-state index is 14.5. The lowest BCUT2D eigenvalue weighted by molar-refractivity contribution is -0.118. The number of amides is 3. The van der Waals surface area contributed by atoms with Gasteiger partial charge in [-0.1, -0.05) is 6.08 Å². The molecule has 1 atom stereocenters. The second kappa shape index (κ2) is 15.1. The summed E-state index contributed by atoms with van der Waals surface area (Å²) < 4.78 is 57.8. The Kier molecular flexibility index (Phi) is 11.6. The van der Waals surface area contributed by atoms with Gasteiger partial charge in [-0.15, -0.1) is 0 Å². The molecule has 0 fully saturated rings. The van der Waals surface area contributed by atoms with Gasteiger partial charge < -0.3 is 35.1 Å². The smallest absolute Gasteiger partial charge is 0.419 e. The van der Waals surface area contributed by atoms with Crippen molar-refractivity contribution >= 4 is 40.6 Å². The second-order valence-corrected chi connectivity index (χ2v) is 10.9. The van der Waals surface area contributed by atoms with Crippen molar-refractivity contribution in [3.05, 3.63) is 70.5 Å². The van der Waals surface area contributed by atoms with E-state index in [2.05, 4.69) is 15.4 Å². The highest BCUT2D eigenvalue weighted by molar-refractivity contribution is 5.97. The fourth-order valence-electron chi connectivity index (χ4n) is 4.31. The first-order valence-electron chi connectivity index (χ1n) is 13.9. The van der Waals surface area contributed by atoms with Crippen LogP contribution >= 0.6 is 0 Å². The van der Waals surface area contributed by atoms with E-state index >= 15 is 0 Å². The number of ether oxygens (including phenoxy) is 3. The Morgan fingerprint density at radius 2 is 1.85 bits per heavy atom. The lowest BCUT2D eigenvalue weighted by Crippen LogP contribution is -2.44. The zero-order valence-electron chi connectivity index (χ0n) is 25.5. The van der Waals surface area contributed by atoms with Gasteiger partial charge in [0, 0.05) is 17.6 Å². The molecule has 4 N–H and O–H groups in total. The average Bonchev–Trinajstić information content (AvgIpc) is 3.31. The zero-order valence-corrected chi connectivity index (χ0v) is 25.5. The van der Waals surface area contributed by atoms with Crippen LogP contribution in [0.4, 0.5) is 28.4 Å². The van der Waals surface area contributed by atoms with Crippen molar-refractivity contribution in [2.75, 3.05) is 19.0 Å². The van der Waals surface area contributed by atoms with Crippen LogP contribution in [0.1, 0.15) is 39.3 Å². The normalized spacial score (nSPS) is 12.3. The van der Waals surface area contributed by atoms with Crippen LogP contribution in [0.15, 0.2) is 53.5 Å². The van der Waals surface area contributed by atoms with Gasteiger partial charge in [-0.2, -0.15) is 0 Å². The van der Waals surface area contributed by atoms with E-state index in [4.69, 9.17) is 15.2 Å². The number of nitrogens with two attached hydrogens (primary N) is 1. The molecule has 2 heterocycles. The first-order valence-corrected chi connectivity index (χ1v) is 13.9. The Bertz CT molecular complexity index is 1690. The van der Waals surface area contributed by atoms with Crippen molar-refractivity contribution in [2.45, 2.75) is 58.2 Å². The third-order valence-electron chi connectivity index (χ3n) is 6.15. The third kappa shape index (κ3) is 9.61. The Morgan fingerprint density at radius 1 is 1.13 bits per heavy atom. The molecule has 1 aromatic carbocycles. The number of halogens is 3. The number of nitrogens with one attached hydrogen (secondary N) is 2. The van der Waals surface area contributed by atoms with E-state index in [1.807, 2.05) is 0 Å². The van der Waals surface area contributed by atoms with Crippen molar-refractivity contribution in [3.8, 4) is 5.75 Å². The highest BCUT2D eigenvalue weighted by Crippen LogP contribution is 2.32. The van der Waals surface area contributed by atoms with Gasteiger partial charge in [-0.25, -0.2) is 27.3 Å². The van der Waals surface area contributed by atoms with Gasteiger partial charge in [-0.3, -0.25) is 14.4 Å². The van der Waals surface area contributed by atoms with Gasteiger partial charge in [0.15, 0.2) is 0 Å². The van der Waals surface area contributed by atoms with Gasteiger partial charge in [-0.05, 0) is 64.0 Å². The predicted molar refractivity (Wildman–Crippen MR) is 160 cm³/mol. The van der Waals surface area contributed by atoms with Crippen LogP contribution in [0.25, 0.3) is 10.9 Å². The number of carbonyl (C=O) groups excluding carboxylic acids is 4. The van der Waals surface area contributed by atoms with Crippen molar-refractivity contribution in [1.29, 1.82) is 0 Å². The van der Waals surface area contributed by atoms with E-state index in [9.17, 15) is 37.1 Å². The topological polar surface area (TPSA) is 173 Å². The molecule has 13 nitrogen and oxygen atoms in total. The number of aromatic nitrogens is 2. The number of alkyl halides is 2. The lowest BCUT2D eigenvalue weighted by Gasteiger charge is -2.22. The van der Waals surface area contributed by atoms with Crippen molar-refractivity contribution in [1.82, 2.24) is 14.5 Å². The number of benzene rings is 1. The van der Waals surface area contributed by atoms with Gasteiger partial charge in [0.05, 0.1) is 19.3 Å². The number of fused-ring (bicyclic) bond motifs is 1. The summed E-state index contributed by atoms with van der Waals surface area (Å²) in [7, 11) is 1.10. The summed E-state index contributed by atoms with van der Waals surface area (Å²) in [5.74, 6) is -2.62. The number of pyridine rings is 1. The van der Waals surface area contributed by atoms with Crippen LogP contribution in [0.2, 0.25) is 0 Å². The predicted octanol–water partition coefficient (Wildman–Crippen LogP) is 3.90. The molecule has 3 aromatic rings. The van der Waals surface area contributed by atoms with E-state index in [1.165, 1.54) is 30.5 Å². The Morgan fingerprint density at radius 3 is 2.48 bits per heavy atom. The first-order chi connectivity index (χ1) is 21.6. The van der Waals surface area contributed by atoms with Crippen LogP contribution in [0.5, 0.6) is 5.75 Å². The third-order valence-corrected chi connectivity index (χ3v) is 6.15. The molecule has 2 aromatic heterocycles. The summed E-state index contributed by atoms with van der Waals surface area (Å²) in [4.78, 5) is 62.7. The molecule has 0 spiro atoms. The van der Waals surface area contributed by atoms with Crippen LogP contribution in [-0.2, 0) is 25.6 Å². The summed E-state index contributed by atoms with van der Waals surface area (Å²) in [6.45, 7) is 3.45. The SMILES string of the molecule is COC(=O)N[C@@H](CC/C=C/C(N)=O)C(=O)Nc1cccn(Cc2cc3cc(F)cc(OCC(F)F)c3n2C(=O)OC(C)(C)C)c1=O. The molecule has 3 rings (SSSR count). The van der Waals surface area contributed by atoms with E-state index in [0.717, 1.165) is 34.5 Å². The maximum absolute atomic E-state index is 14.5. The fourth-order valence-corrected chi connectivity index (χ4v) is 4.31. The van der Waals surface area contributed by atoms with Crippen molar-refractivity contribution in [2.24, 2.45) is 5.73 Å². The molecule has 16 heteroatoms. The van der Waals surface area contributed by atoms with E-state index in [1.54, 1.807) is 20.8 Å². The summed E-state index contributed by atoms with van der Waals surface area (Å²) in [5.41, 5.74) is 3.22. The molecule has 0 bridgehead atoms. The number of hydrogen-bond donors (Lipinski definition) is 3. The van der Waals surface area contributed by atoms with Gasteiger partial charge in [0.1, 0.15) is 41.0 Å². The summed E-state index contributed by atoms with van der Waals surface area (Å²) in [6.07, 6.45) is -0.662. The summed E-state index contributed by atoms with van der Waals surface area (Å²) >= 11 is 0. The molecule has 3 amide bonds. The number of carbonyl (C=O) groups is 4. The minimum absolute atomic E-state index is 0.0221. The van der Waals surface area contributed by atoms with Crippen LogP contribution in [0.3, 0.4) is 0 Å². The van der Waals surface area contributed by atoms with Crippen LogP contribution in [0, 0.1) is 5.82 Å². The number of methoxy groups -OCH3 is 1. The Balaban J connectivity index is 2.01. The number of allylic oxidation sites excluding steroid dienone is 1. The molecular weight excluding hydrogens is 615 g/mol. The molecule has 0 aliphatic heterocycles. The largest absolute Gasteiger partial charge is 0.485 e. The number of hydrogen-bond acceptors (Lipinski definition) is 8. The van der Waals surface area contributed by atoms with Gasteiger partial charge in [0.2, 0.25) is 11.8 Å². The van der Waals surface area contributed by atoms with E-state index in [-0.39, 0.29) is 47.4 Å². The molecule has 0 aliphatic carbocycles. The molecule has 0 unspecified atom stereocenters. The monoisotopic (exact) mass is 649 g/mol. The van der Waals surface area contributed by atoms with Crippen molar-refractivity contribution < 1.29 is 46.6 Å². The number of rotatable bonds is 12. The number of primary amides is 1. The van der Waals surface area contributed by atoms with E-state index in [0.29, 0.717) is 0 Å². The van der Waals surface area contributed by atoms with Gasteiger partial charge >= 0.3 is 12.2 Å². The van der Waals surface area contributed by atoms with Crippen LogP contribution < -0.4 is 26.7 Å². The minimum Gasteiger partial charge on any atom is -0.485 e. The number of nitrogens with zero attached hydrogens (tertiary/aromatic N) is 2. The van der Waals surface area contributed by atoms with Crippen LogP contribution in [-0.4, -0.2) is 64.9 Å². The van der Waals surface area contributed by atoms with Crippen molar-refractivity contribution in [3.63, 3.8) is 0 Å². The van der Waals surface area contributed by atoms with Gasteiger partial charge in [0.25, 0.3) is 12.0 Å². The lowest BCUT2D eigenvalue weighted by atomic mass is 10.1. The highest BCUT2D eigenvalue weighted by atomic mass is 19.3. The number of alkyl carbamates (subject to hydrolysis) is 1. The fraction of sp³-hybridized carbons (Fsp3) is 0.367. The number of anilines is 1. The average molecular weight is 650 g/mol. The standard InChI is InChI=1S/C30H34F3N5O8/c1-30(2,3)46-29(43)38-19(13-17-12-18(31)14-22(25(17)38)45-16-23(32)33)15-37-11-7-9-21(27(37)41)35-26(40)20(36-28(42)44-4)8-5-6-10-24(34)39/h6-7,9-14,20,23H,5,8,15-16H2,1-4H3,(H2,34,39)(H,35,40)(H,36,42)/b10-6+/t20-/m0/s1. The molecule has 0 saturated heterocycles. The molecular formula is C30H34F3N5O8. The maximum Gasteiger partial charge on any atom is 0.419 e. The Hall–Kier alpha value is -5.28. The molecule has 46 heavy (non-hydrogen) atoms. The first kappa shape index (κ1) is 35.2. The van der Waals surface area contributed by atoms with E-state index < -0.39 is 60.1 Å². The quantitative estimate of drug-likeness (QED) is 0.248. The second-order valence-electron chi connectivity index (χ2n) is 10.9. The summed E-state index contributed by atoms with van der Waals surface area (Å²) in [6, 6.07) is 4.89. The minimum atomic E-state index is -2.88.